The molecule has 7 heteroatoms. The number of carbonyl (C=O) groups excluding carboxylic acids is 3. The Morgan fingerprint density at radius 1 is 0.839 bits per heavy atom. The van der Waals surface area contributed by atoms with Crippen LogP contribution in [0.15, 0.2) is 78.9 Å². The zero-order valence-corrected chi connectivity index (χ0v) is 16.7. The van der Waals surface area contributed by atoms with E-state index in [1.807, 2.05) is 24.3 Å². The summed E-state index contributed by atoms with van der Waals surface area (Å²) in [6.45, 7) is 1.45. The minimum absolute atomic E-state index is 0.211. The van der Waals surface area contributed by atoms with Gasteiger partial charge in [0.1, 0.15) is 0 Å². The molecule has 7 nitrogen and oxygen atoms in total. The maximum atomic E-state index is 12.3. The molecular formula is C24H19N3O4. The molecule has 0 aliphatic carbocycles. The fourth-order valence-electron chi connectivity index (χ4n) is 2.67. The molecule has 0 spiro atoms. The van der Waals surface area contributed by atoms with Gasteiger partial charge in [-0.2, -0.15) is 5.26 Å². The molecule has 1 atom stereocenters. The van der Waals surface area contributed by atoms with Crippen molar-refractivity contribution in [1.29, 1.82) is 5.26 Å². The Hall–Kier alpha value is -4.44. The zero-order chi connectivity index (χ0) is 22.2. The molecule has 31 heavy (non-hydrogen) atoms. The number of hydrogen-bond acceptors (Lipinski definition) is 5. The lowest BCUT2D eigenvalue weighted by Gasteiger charge is -2.14. The van der Waals surface area contributed by atoms with Crippen molar-refractivity contribution in [3.05, 3.63) is 95.6 Å². The van der Waals surface area contributed by atoms with E-state index >= 15 is 0 Å². The van der Waals surface area contributed by atoms with Crippen LogP contribution in [0.5, 0.6) is 0 Å². The number of benzene rings is 3. The van der Waals surface area contributed by atoms with Crippen molar-refractivity contribution in [1.82, 2.24) is 0 Å². The molecule has 0 saturated carbocycles. The number of para-hydroxylation sites is 1. The van der Waals surface area contributed by atoms with Crippen molar-refractivity contribution >= 4 is 29.2 Å². The lowest BCUT2D eigenvalue weighted by molar-refractivity contribution is -0.123. The number of hydrogen-bond donors (Lipinski definition) is 2. The van der Waals surface area contributed by atoms with E-state index < -0.39 is 18.0 Å². The van der Waals surface area contributed by atoms with Crippen LogP contribution < -0.4 is 10.6 Å². The highest BCUT2D eigenvalue weighted by Gasteiger charge is 2.19. The molecular weight excluding hydrogens is 394 g/mol. The van der Waals surface area contributed by atoms with E-state index in [-0.39, 0.29) is 11.5 Å². The quantitative estimate of drug-likeness (QED) is 0.594. The highest BCUT2D eigenvalue weighted by molar-refractivity contribution is 6.05. The highest BCUT2D eigenvalue weighted by Crippen LogP contribution is 2.13. The Morgan fingerprint density at radius 2 is 1.48 bits per heavy atom. The fraction of sp³-hybridized carbons (Fsp3) is 0.0833. The van der Waals surface area contributed by atoms with Crippen LogP contribution in [0.25, 0.3) is 0 Å². The van der Waals surface area contributed by atoms with E-state index in [2.05, 4.69) is 10.6 Å². The number of carbonyl (C=O) groups is 3. The van der Waals surface area contributed by atoms with E-state index in [1.54, 1.807) is 30.3 Å². The molecule has 0 bridgehead atoms. The van der Waals surface area contributed by atoms with Gasteiger partial charge in [0.15, 0.2) is 6.10 Å². The molecule has 3 aromatic carbocycles. The number of ether oxygens (including phenoxy) is 1. The van der Waals surface area contributed by atoms with Gasteiger partial charge in [0.25, 0.3) is 11.8 Å². The lowest BCUT2D eigenvalue weighted by Crippen LogP contribution is -2.30. The van der Waals surface area contributed by atoms with Crippen LogP contribution in [0.1, 0.15) is 33.2 Å². The summed E-state index contributed by atoms with van der Waals surface area (Å²) >= 11 is 0. The minimum atomic E-state index is -1.06. The van der Waals surface area contributed by atoms with Crippen molar-refractivity contribution < 1.29 is 19.1 Å². The summed E-state index contributed by atoms with van der Waals surface area (Å²) in [5.74, 6) is -1.52. The molecule has 2 N–H and O–H groups in total. The van der Waals surface area contributed by atoms with Gasteiger partial charge in [-0.1, -0.05) is 24.3 Å². The molecule has 0 radical (unpaired) electrons. The van der Waals surface area contributed by atoms with Crippen molar-refractivity contribution in [2.45, 2.75) is 13.0 Å². The van der Waals surface area contributed by atoms with E-state index in [4.69, 9.17) is 10.00 Å². The topological polar surface area (TPSA) is 108 Å². The van der Waals surface area contributed by atoms with Gasteiger partial charge in [-0.3, -0.25) is 9.59 Å². The normalized spacial score (nSPS) is 11.0. The highest BCUT2D eigenvalue weighted by atomic mass is 16.5. The second kappa shape index (κ2) is 9.85. The van der Waals surface area contributed by atoms with Gasteiger partial charge in [-0.25, -0.2) is 4.79 Å². The van der Waals surface area contributed by atoms with E-state index in [0.29, 0.717) is 22.5 Å². The predicted octanol–water partition coefficient (Wildman–Crippen LogP) is 3.99. The first kappa shape index (κ1) is 21.3. The number of nitriles is 1. The first-order chi connectivity index (χ1) is 15.0. The van der Waals surface area contributed by atoms with Crippen LogP contribution >= 0.6 is 0 Å². The van der Waals surface area contributed by atoms with Gasteiger partial charge >= 0.3 is 5.97 Å². The average molecular weight is 413 g/mol. The summed E-state index contributed by atoms with van der Waals surface area (Å²) in [6.07, 6.45) is -1.06. The molecule has 1 unspecified atom stereocenters. The number of anilines is 2. The predicted molar refractivity (Wildman–Crippen MR) is 116 cm³/mol. The Morgan fingerprint density at radius 3 is 2.16 bits per heavy atom. The Kier molecular flexibility index (Phi) is 6.76. The largest absolute Gasteiger partial charge is 0.449 e. The van der Waals surface area contributed by atoms with Crippen molar-refractivity contribution in [3.63, 3.8) is 0 Å². The lowest BCUT2D eigenvalue weighted by atomic mass is 10.1. The van der Waals surface area contributed by atoms with Gasteiger partial charge < -0.3 is 15.4 Å². The summed E-state index contributed by atoms with van der Waals surface area (Å²) in [5, 5.41) is 14.3. The van der Waals surface area contributed by atoms with Crippen LogP contribution in [0.4, 0.5) is 11.4 Å². The Bertz CT molecular complexity index is 1140. The third-order valence-electron chi connectivity index (χ3n) is 4.33. The molecule has 0 saturated heterocycles. The van der Waals surface area contributed by atoms with Gasteiger partial charge in [0, 0.05) is 16.9 Å². The second-order valence-electron chi connectivity index (χ2n) is 6.63. The molecule has 3 rings (SSSR count). The number of esters is 1. The molecule has 0 aliphatic rings. The van der Waals surface area contributed by atoms with Gasteiger partial charge in [-0.05, 0) is 61.5 Å². The summed E-state index contributed by atoms with van der Waals surface area (Å²) in [5.41, 5.74) is 2.08. The number of amides is 2. The molecule has 0 heterocycles. The summed E-state index contributed by atoms with van der Waals surface area (Å²) in [4.78, 5) is 36.9. The van der Waals surface area contributed by atoms with Crippen LogP contribution in [0.2, 0.25) is 0 Å². The zero-order valence-electron chi connectivity index (χ0n) is 16.7. The average Bonchev–Trinajstić information content (AvgIpc) is 2.79. The molecule has 2 amide bonds. The Balaban J connectivity index is 1.57. The standard InChI is InChI=1S/C24H19N3O4/c1-16(22(28)27-21-9-5-6-17(14-21)15-25)31-24(30)19-12-10-18(11-13-19)23(29)26-20-7-3-2-4-8-20/h2-14,16H,1H3,(H,26,29)(H,27,28). The monoisotopic (exact) mass is 413 g/mol. The molecule has 0 aliphatic heterocycles. The third kappa shape index (κ3) is 5.78. The number of nitrogens with zero attached hydrogens (tertiary/aromatic N) is 1. The van der Waals surface area contributed by atoms with Crippen molar-refractivity contribution in [2.75, 3.05) is 10.6 Å². The van der Waals surface area contributed by atoms with Crippen LogP contribution in [-0.4, -0.2) is 23.9 Å². The maximum absolute atomic E-state index is 12.3. The maximum Gasteiger partial charge on any atom is 0.338 e. The van der Waals surface area contributed by atoms with E-state index in [9.17, 15) is 14.4 Å². The third-order valence-corrected chi connectivity index (χ3v) is 4.33. The summed E-state index contributed by atoms with van der Waals surface area (Å²) in [7, 11) is 0. The SMILES string of the molecule is CC(OC(=O)c1ccc(C(=O)Nc2ccccc2)cc1)C(=O)Nc1cccc(C#N)c1. The van der Waals surface area contributed by atoms with Gasteiger partial charge in [0.2, 0.25) is 0 Å². The Labute approximate surface area is 179 Å². The van der Waals surface area contributed by atoms with Crippen LogP contribution in [0, 0.1) is 11.3 Å². The summed E-state index contributed by atoms with van der Waals surface area (Å²) in [6, 6.07) is 23.3. The van der Waals surface area contributed by atoms with Crippen LogP contribution in [0.3, 0.4) is 0 Å². The van der Waals surface area contributed by atoms with E-state index in [0.717, 1.165) is 0 Å². The smallest absolute Gasteiger partial charge is 0.338 e. The first-order valence-corrected chi connectivity index (χ1v) is 9.45. The fourth-order valence-corrected chi connectivity index (χ4v) is 2.67. The van der Waals surface area contributed by atoms with Crippen molar-refractivity contribution in [3.8, 4) is 6.07 Å². The van der Waals surface area contributed by atoms with Gasteiger partial charge in [0.05, 0.1) is 17.2 Å². The number of nitrogens with one attached hydrogen (secondary N) is 2. The first-order valence-electron chi connectivity index (χ1n) is 9.45. The summed E-state index contributed by atoms with van der Waals surface area (Å²) < 4.78 is 5.21. The van der Waals surface area contributed by atoms with Gasteiger partial charge in [-0.15, -0.1) is 0 Å². The molecule has 0 fully saturated rings. The second-order valence-corrected chi connectivity index (χ2v) is 6.63. The minimum Gasteiger partial charge on any atom is -0.449 e. The van der Waals surface area contributed by atoms with Crippen LogP contribution in [-0.2, 0) is 9.53 Å². The molecule has 0 aromatic heterocycles. The molecule has 154 valence electrons. The molecule has 3 aromatic rings. The van der Waals surface area contributed by atoms with E-state index in [1.165, 1.54) is 37.3 Å². The number of rotatable bonds is 6. The van der Waals surface area contributed by atoms with Crippen molar-refractivity contribution in [2.24, 2.45) is 0 Å².